The molecule has 0 aliphatic heterocycles. The highest BCUT2D eigenvalue weighted by Gasteiger charge is 2.35. The highest BCUT2D eigenvalue weighted by Crippen LogP contribution is 2.38. The molecule has 7 nitrogen and oxygen atoms in total. The van der Waals surface area contributed by atoms with Crippen molar-refractivity contribution in [3.05, 3.63) is 33.7 Å². The first-order valence-electron chi connectivity index (χ1n) is 7.04. The largest absolute Gasteiger partial charge is 0.495 e. The Morgan fingerprint density at radius 2 is 2.04 bits per heavy atom. The molecule has 0 bridgehead atoms. The number of nitrogens with one attached hydrogen (secondary N) is 2. The number of thiazole rings is 1. The predicted molar refractivity (Wildman–Crippen MR) is 96.7 cm³/mol. The number of anilines is 2. The molecular formula is C14H9ClF3N5O2S2. The van der Waals surface area contributed by atoms with Crippen LogP contribution in [0.15, 0.2) is 23.7 Å². The van der Waals surface area contributed by atoms with Gasteiger partial charge in [-0.2, -0.15) is 13.2 Å². The Hall–Kier alpha value is -2.44. The Bertz CT molecular complexity index is 962. The van der Waals surface area contributed by atoms with Crippen molar-refractivity contribution < 1.29 is 22.7 Å². The number of amides is 2. The maximum absolute atomic E-state index is 12.6. The van der Waals surface area contributed by atoms with Crippen molar-refractivity contribution >= 4 is 51.1 Å². The monoisotopic (exact) mass is 435 g/mol. The second kappa shape index (κ2) is 7.66. The zero-order valence-electron chi connectivity index (χ0n) is 13.3. The first kappa shape index (κ1) is 19.3. The minimum absolute atomic E-state index is 0.214. The fraction of sp³-hybridized carbons (Fsp3) is 0.143. The van der Waals surface area contributed by atoms with Gasteiger partial charge in [0.1, 0.15) is 10.8 Å². The molecule has 0 fully saturated rings. The number of benzene rings is 1. The third kappa shape index (κ3) is 4.46. The van der Waals surface area contributed by atoms with Crippen molar-refractivity contribution in [1.29, 1.82) is 0 Å². The lowest BCUT2D eigenvalue weighted by atomic mass is 10.1. The van der Waals surface area contributed by atoms with Crippen LogP contribution in [0.1, 0.15) is 5.01 Å². The molecule has 27 heavy (non-hydrogen) atoms. The number of halogens is 4. The molecule has 0 spiro atoms. The lowest BCUT2D eigenvalue weighted by Gasteiger charge is -2.12. The van der Waals surface area contributed by atoms with E-state index in [0.717, 1.165) is 0 Å². The van der Waals surface area contributed by atoms with Gasteiger partial charge in [-0.05, 0) is 12.1 Å². The minimum Gasteiger partial charge on any atom is -0.495 e. The van der Waals surface area contributed by atoms with Crippen LogP contribution < -0.4 is 15.4 Å². The van der Waals surface area contributed by atoms with Gasteiger partial charge in [-0.15, -0.1) is 21.5 Å². The van der Waals surface area contributed by atoms with Crippen molar-refractivity contribution in [2.24, 2.45) is 0 Å². The molecule has 3 aromatic rings. The third-order valence-electron chi connectivity index (χ3n) is 3.09. The van der Waals surface area contributed by atoms with Crippen molar-refractivity contribution in [3.8, 4) is 16.3 Å². The zero-order chi connectivity index (χ0) is 19.6. The lowest BCUT2D eigenvalue weighted by molar-refractivity contribution is -0.138. The number of hydrogen-bond acceptors (Lipinski definition) is 7. The molecule has 142 valence electrons. The molecule has 0 unspecified atom stereocenters. The molecule has 3 rings (SSSR count). The van der Waals surface area contributed by atoms with Crippen LogP contribution in [0.2, 0.25) is 5.02 Å². The Morgan fingerprint density at radius 3 is 2.63 bits per heavy atom. The number of hydrogen-bond donors (Lipinski definition) is 2. The summed E-state index contributed by atoms with van der Waals surface area (Å²) in [6.45, 7) is 0. The number of methoxy groups -OCH3 is 1. The standard InChI is InChI=1S/C14H9ClF3N5O2S2/c1-25-9-4-6(10-19-2-3-26-10)8(5-7(9)15)20-12(24)21-13-23-22-11(27-13)14(16,17)18/h2-5H,1H3,(H2,20,21,23,24). The van der Waals surface area contributed by atoms with E-state index in [1.54, 1.807) is 17.6 Å². The number of nitrogens with zero attached hydrogens (tertiary/aromatic N) is 3. The topological polar surface area (TPSA) is 89.0 Å². The SMILES string of the molecule is COc1cc(-c2nccs2)c(NC(=O)Nc2nnc(C(F)(F)F)s2)cc1Cl. The first-order chi connectivity index (χ1) is 12.8. The molecule has 2 heterocycles. The summed E-state index contributed by atoms with van der Waals surface area (Å²) in [5, 5.41) is 12.2. The van der Waals surface area contributed by atoms with Gasteiger partial charge in [0.05, 0.1) is 17.8 Å². The molecule has 2 amide bonds. The number of ether oxygens (including phenoxy) is 1. The van der Waals surface area contributed by atoms with Gasteiger partial charge in [0.2, 0.25) is 10.1 Å². The Kier molecular flexibility index (Phi) is 5.48. The van der Waals surface area contributed by atoms with E-state index in [2.05, 4.69) is 25.8 Å². The summed E-state index contributed by atoms with van der Waals surface area (Å²) in [6, 6.07) is 2.25. The lowest BCUT2D eigenvalue weighted by Crippen LogP contribution is -2.19. The van der Waals surface area contributed by atoms with Gasteiger partial charge in [-0.1, -0.05) is 22.9 Å². The number of carbonyl (C=O) groups is 1. The van der Waals surface area contributed by atoms with Crippen molar-refractivity contribution in [3.63, 3.8) is 0 Å². The van der Waals surface area contributed by atoms with Crippen LogP contribution in [0, 0.1) is 0 Å². The van der Waals surface area contributed by atoms with E-state index in [1.165, 1.54) is 24.5 Å². The van der Waals surface area contributed by atoms with E-state index in [1.807, 2.05) is 0 Å². The Labute approximate surface area is 163 Å². The van der Waals surface area contributed by atoms with E-state index in [4.69, 9.17) is 16.3 Å². The van der Waals surface area contributed by atoms with Gasteiger partial charge in [0.25, 0.3) is 0 Å². The molecule has 1 aromatic carbocycles. The van der Waals surface area contributed by atoms with Crippen LogP contribution in [-0.2, 0) is 6.18 Å². The first-order valence-corrected chi connectivity index (χ1v) is 9.11. The molecule has 0 saturated heterocycles. The highest BCUT2D eigenvalue weighted by atomic mass is 35.5. The second-order valence-electron chi connectivity index (χ2n) is 4.86. The van der Waals surface area contributed by atoms with Gasteiger partial charge >= 0.3 is 12.2 Å². The molecule has 13 heteroatoms. The molecule has 0 atom stereocenters. The second-order valence-corrected chi connectivity index (χ2v) is 7.14. The van der Waals surface area contributed by atoms with E-state index in [9.17, 15) is 18.0 Å². The zero-order valence-corrected chi connectivity index (χ0v) is 15.7. The summed E-state index contributed by atoms with van der Waals surface area (Å²) in [5.74, 6) is 0.381. The third-order valence-corrected chi connectivity index (χ3v) is 5.08. The van der Waals surface area contributed by atoms with Crippen molar-refractivity contribution in [2.75, 3.05) is 17.7 Å². The van der Waals surface area contributed by atoms with Crippen molar-refractivity contribution in [1.82, 2.24) is 15.2 Å². The molecule has 0 aliphatic rings. The molecule has 2 N–H and O–H groups in total. The number of aromatic nitrogens is 3. The highest BCUT2D eigenvalue weighted by molar-refractivity contribution is 7.15. The van der Waals surface area contributed by atoms with Crippen LogP contribution in [0.3, 0.4) is 0 Å². The Morgan fingerprint density at radius 1 is 1.26 bits per heavy atom. The average molecular weight is 436 g/mol. The van der Waals surface area contributed by atoms with Crippen LogP contribution in [-0.4, -0.2) is 28.3 Å². The van der Waals surface area contributed by atoms with Gasteiger partial charge in [-0.25, -0.2) is 9.78 Å². The van der Waals surface area contributed by atoms with Crippen LogP contribution in [0.5, 0.6) is 5.75 Å². The molecule has 0 saturated carbocycles. The number of alkyl halides is 3. The normalized spacial score (nSPS) is 11.3. The van der Waals surface area contributed by atoms with Crippen molar-refractivity contribution in [2.45, 2.75) is 6.18 Å². The molecule has 0 radical (unpaired) electrons. The predicted octanol–water partition coefficient (Wildman–Crippen LogP) is 4.99. The molecule has 2 aromatic heterocycles. The number of rotatable bonds is 4. The number of urea groups is 1. The van der Waals surface area contributed by atoms with E-state index < -0.39 is 17.2 Å². The van der Waals surface area contributed by atoms with Gasteiger partial charge in [0.15, 0.2) is 0 Å². The summed E-state index contributed by atoms with van der Waals surface area (Å²) in [6.07, 6.45) is -3.04. The smallest absolute Gasteiger partial charge is 0.445 e. The van der Waals surface area contributed by atoms with Gasteiger partial charge < -0.3 is 10.1 Å². The summed E-state index contributed by atoms with van der Waals surface area (Å²) in [4.78, 5) is 16.3. The fourth-order valence-corrected chi connectivity index (χ4v) is 3.50. The summed E-state index contributed by atoms with van der Waals surface area (Å²) >= 11 is 7.64. The maximum Gasteiger partial charge on any atom is 0.445 e. The van der Waals surface area contributed by atoms with Crippen LogP contribution >= 0.6 is 34.3 Å². The minimum atomic E-state index is -4.63. The van der Waals surface area contributed by atoms with Gasteiger partial charge in [0, 0.05) is 17.1 Å². The maximum atomic E-state index is 12.6. The van der Waals surface area contributed by atoms with E-state index >= 15 is 0 Å². The summed E-state index contributed by atoms with van der Waals surface area (Å²) in [5.41, 5.74) is 0.837. The molecular weight excluding hydrogens is 427 g/mol. The van der Waals surface area contributed by atoms with E-state index in [0.29, 0.717) is 22.0 Å². The Balaban J connectivity index is 1.83. The van der Waals surface area contributed by atoms with Crippen LogP contribution in [0.4, 0.5) is 28.8 Å². The average Bonchev–Trinajstić information content (AvgIpc) is 3.26. The fourth-order valence-electron chi connectivity index (χ4n) is 1.99. The van der Waals surface area contributed by atoms with Gasteiger partial charge in [-0.3, -0.25) is 5.32 Å². The quantitative estimate of drug-likeness (QED) is 0.603. The summed E-state index contributed by atoms with van der Waals surface area (Å²) in [7, 11) is 1.44. The number of carbonyl (C=O) groups excluding carboxylic acids is 1. The van der Waals surface area contributed by atoms with Crippen LogP contribution in [0.25, 0.3) is 10.6 Å². The molecule has 0 aliphatic carbocycles. The van der Waals surface area contributed by atoms with E-state index in [-0.39, 0.29) is 21.5 Å². The summed E-state index contributed by atoms with van der Waals surface area (Å²) < 4.78 is 42.8.